The maximum Gasteiger partial charge on any atom is 0.408 e. The number of amides is 3. The normalized spacial score (nSPS) is 32.0. The van der Waals surface area contributed by atoms with E-state index in [0.29, 0.717) is 31.4 Å². The number of benzene rings is 1. The minimum Gasteiger partial charge on any atom is -0.497 e. The fourth-order valence-corrected chi connectivity index (χ4v) is 10.4. The van der Waals surface area contributed by atoms with Gasteiger partial charge in [-0.15, -0.1) is 0 Å². The number of sulfonamides is 1. The third-order valence-corrected chi connectivity index (χ3v) is 14.5. The zero-order valence-corrected chi connectivity index (χ0v) is 35.1. The number of alkyl halides is 4. The Balaban J connectivity index is 1.32. The number of carbonyl (C=O) groups is 4. The summed E-state index contributed by atoms with van der Waals surface area (Å²) in [6.45, 7) is 6.89. The summed E-state index contributed by atoms with van der Waals surface area (Å²) in [5.41, 5.74) is -3.69. The first-order valence-electron chi connectivity index (χ1n) is 20.8. The van der Waals surface area contributed by atoms with Crippen molar-refractivity contribution in [2.75, 3.05) is 7.11 Å². The summed E-state index contributed by atoms with van der Waals surface area (Å²) >= 11 is 0. The Labute approximate surface area is 346 Å². The fourth-order valence-electron chi connectivity index (χ4n) is 9.01. The molecule has 2 bridgehead atoms. The van der Waals surface area contributed by atoms with Gasteiger partial charge in [-0.1, -0.05) is 40.5 Å². The van der Waals surface area contributed by atoms with Crippen molar-refractivity contribution in [3.63, 3.8) is 0 Å². The summed E-state index contributed by atoms with van der Waals surface area (Å²) in [4.78, 5) is 65.5. The SMILES string of the molecule is CCC[C@@H]1[C@@H]2CC(C(=O)[C@H](C(C)(C)C)NC(=O)O[C@@H]3CC3CCCCC(F)(F)c3nc4ccc(OC)cc4nc3O2)[C@@H]1C(=O)N[C@]1(C(=O)NS(=O)(=O)C2CC2)C[C@H]1C(F)F. The van der Waals surface area contributed by atoms with E-state index in [-0.39, 0.29) is 49.1 Å². The molecule has 2 aromatic rings. The summed E-state index contributed by atoms with van der Waals surface area (Å²) in [5, 5.41) is 4.30. The topological polar surface area (TPSA) is 192 Å². The highest BCUT2D eigenvalue weighted by atomic mass is 32.2. The fraction of sp³-hybridized carbons (Fsp3) is 0.707. The lowest BCUT2D eigenvalue weighted by Gasteiger charge is -2.34. The standard InChI is InChI=1S/C41H53F4N5O9S/c1-6-9-23-29-18-24(30(23)35(52)49-40(19-25(40)34(42)43)37(53)50-60(55,56)22-12-13-22)31(51)32(39(2,3)4)48-38(54)59-28-16-20(28)10-7-8-15-41(44,45)33-36(58-29)47-27-17-21(57-5)11-14-26(27)46-33/h11,14,17,20,22-25,28-30,32,34H,6-10,12-13,15-16,18-19H2,1-5H3,(H,48,54)(H,49,52)(H,50,53)/t20?,23-,24?,25+,28-,29+,30-,32-,40-/m1/s1. The molecule has 4 aliphatic carbocycles. The van der Waals surface area contributed by atoms with Crippen LogP contribution < -0.4 is 24.8 Å². The van der Waals surface area contributed by atoms with E-state index < -0.39 is 129 Å². The van der Waals surface area contributed by atoms with Gasteiger partial charge in [-0.05, 0) is 74.8 Å². The molecule has 4 fully saturated rings. The molecule has 2 heterocycles. The minimum absolute atomic E-state index is 0.0527. The number of nitrogens with one attached hydrogen (secondary N) is 3. The van der Waals surface area contributed by atoms with Gasteiger partial charge in [0.1, 0.15) is 23.5 Å². The lowest BCUT2D eigenvalue weighted by molar-refractivity contribution is -0.138. The van der Waals surface area contributed by atoms with Crippen molar-refractivity contribution >= 4 is 44.7 Å². The van der Waals surface area contributed by atoms with Gasteiger partial charge in [0.05, 0.1) is 41.3 Å². The maximum atomic E-state index is 16.4. The van der Waals surface area contributed by atoms with E-state index in [1.807, 2.05) is 4.72 Å². The lowest BCUT2D eigenvalue weighted by atomic mass is 9.75. The van der Waals surface area contributed by atoms with Crippen LogP contribution in [0.2, 0.25) is 0 Å². The Hall–Kier alpha value is -4.29. The molecular weight excluding hydrogens is 815 g/mol. The average Bonchev–Trinajstić information content (AvgIpc) is 4.08. The molecule has 2 unspecified atom stereocenters. The van der Waals surface area contributed by atoms with Gasteiger partial charge in [0, 0.05) is 24.3 Å². The summed E-state index contributed by atoms with van der Waals surface area (Å²) < 4.78 is 106. The number of hydrogen-bond acceptors (Lipinski definition) is 11. The van der Waals surface area contributed by atoms with Crippen LogP contribution in [-0.4, -0.2) is 84.7 Å². The van der Waals surface area contributed by atoms with E-state index in [1.54, 1.807) is 33.8 Å². The number of Topliss-reactive ketones (excluding diaryl/α,β-unsaturated/α-hetero) is 1. The van der Waals surface area contributed by atoms with Crippen LogP contribution in [0, 0.1) is 35.0 Å². The molecule has 3 N–H and O–H groups in total. The Kier molecular flexibility index (Phi) is 11.8. The van der Waals surface area contributed by atoms with Crippen LogP contribution >= 0.6 is 0 Å². The van der Waals surface area contributed by atoms with Gasteiger partial charge in [-0.25, -0.2) is 32.0 Å². The molecule has 14 nitrogen and oxygen atoms in total. The van der Waals surface area contributed by atoms with Crippen molar-refractivity contribution in [1.82, 2.24) is 25.3 Å². The molecule has 1 aromatic heterocycles. The molecule has 0 saturated heterocycles. The Morgan fingerprint density at radius 1 is 1.03 bits per heavy atom. The predicted molar refractivity (Wildman–Crippen MR) is 208 cm³/mol. The second-order valence-electron chi connectivity index (χ2n) is 18.2. The minimum atomic E-state index is -4.21. The molecule has 19 heteroatoms. The quantitative estimate of drug-likeness (QED) is 0.253. The number of fused-ring (bicyclic) bond motifs is 5. The molecule has 0 spiro atoms. The molecule has 1 aromatic carbocycles. The smallest absolute Gasteiger partial charge is 0.408 e. The van der Waals surface area contributed by atoms with E-state index in [0.717, 1.165) is 0 Å². The first-order chi connectivity index (χ1) is 28.2. The number of ether oxygens (including phenoxy) is 3. The lowest BCUT2D eigenvalue weighted by Crippen LogP contribution is -2.57. The molecule has 0 radical (unpaired) electrons. The van der Waals surface area contributed by atoms with Crippen LogP contribution in [0.25, 0.3) is 11.0 Å². The van der Waals surface area contributed by atoms with Crippen LogP contribution in [-0.2, 0) is 35.1 Å². The number of carbonyl (C=O) groups excluding carboxylic acids is 4. The molecule has 5 aliphatic rings. The van der Waals surface area contributed by atoms with Gasteiger partial charge < -0.3 is 24.8 Å². The summed E-state index contributed by atoms with van der Waals surface area (Å²) in [7, 11) is -2.78. The van der Waals surface area contributed by atoms with E-state index >= 15 is 8.78 Å². The van der Waals surface area contributed by atoms with Crippen LogP contribution in [0.4, 0.5) is 22.4 Å². The number of aromatic nitrogens is 2. The molecule has 4 saturated carbocycles. The van der Waals surface area contributed by atoms with Crippen molar-refractivity contribution in [3.8, 4) is 11.6 Å². The summed E-state index contributed by atoms with van der Waals surface area (Å²) in [6, 6.07) is 3.30. The molecule has 3 amide bonds. The van der Waals surface area contributed by atoms with E-state index in [4.69, 9.17) is 14.2 Å². The first kappa shape index (κ1) is 43.8. The Morgan fingerprint density at radius 3 is 2.40 bits per heavy atom. The predicted octanol–water partition coefficient (Wildman–Crippen LogP) is 5.95. The number of methoxy groups -OCH3 is 1. The average molecular weight is 868 g/mol. The molecule has 1 aliphatic heterocycles. The Morgan fingerprint density at radius 2 is 1.77 bits per heavy atom. The first-order valence-corrected chi connectivity index (χ1v) is 22.3. The van der Waals surface area contributed by atoms with E-state index in [1.165, 1.54) is 19.2 Å². The third kappa shape index (κ3) is 8.87. The highest BCUT2D eigenvalue weighted by molar-refractivity contribution is 7.91. The van der Waals surface area contributed by atoms with Crippen LogP contribution in [0.1, 0.15) is 104 Å². The van der Waals surface area contributed by atoms with Crippen molar-refractivity contribution < 1.29 is 59.4 Å². The van der Waals surface area contributed by atoms with Gasteiger partial charge in [0.25, 0.3) is 11.8 Å². The number of ketones is 1. The van der Waals surface area contributed by atoms with Gasteiger partial charge in [0.2, 0.25) is 28.2 Å². The number of hydrogen-bond donors (Lipinski definition) is 3. The largest absolute Gasteiger partial charge is 0.497 e. The van der Waals surface area contributed by atoms with E-state index in [9.17, 15) is 36.4 Å². The van der Waals surface area contributed by atoms with Crippen LogP contribution in [0.15, 0.2) is 18.2 Å². The van der Waals surface area contributed by atoms with Crippen molar-refractivity contribution in [1.29, 1.82) is 0 Å². The second kappa shape index (κ2) is 16.2. The van der Waals surface area contributed by atoms with Gasteiger partial charge in [0.15, 0.2) is 11.5 Å². The van der Waals surface area contributed by atoms with Crippen molar-refractivity contribution in [3.05, 3.63) is 23.9 Å². The van der Waals surface area contributed by atoms with E-state index in [2.05, 4.69) is 20.6 Å². The number of rotatable bonds is 9. The molecule has 330 valence electrons. The van der Waals surface area contributed by atoms with Crippen LogP contribution in [0.3, 0.4) is 0 Å². The molecular formula is C41H53F4N5O9S. The number of nitrogens with zero attached hydrogens (tertiary/aromatic N) is 2. The maximum absolute atomic E-state index is 16.4. The Bertz CT molecular complexity index is 2130. The molecule has 7 rings (SSSR count). The zero-order chi connectivity index (χ0) is 43.5. The summed E-state index contributed by atoms with van der Waals surface area (Å²) in [5.74, 6) is -12.1. The molecule has 9 atom stereocenters. The highest BCUT2D eigenvalue weighted by Crippen LogP contribution is 2.51. The highest BCUT2D eigenvalue weighted by Gasteiger charge is 2.67. The van der Waals surface area contributed by atoms with Crippen molar-refractivity contribution in [2.45, 2.75) is 140 Å². The second-order valence-corrected chi connectivity index (χ2v) is 20.2. The summed E-state index contributed by atoms with van der Waals surface area (Å²) in [6.07, 6.45) is -4.35. The van der Waals surface area contributed by atoms with Crippen LogP contribution in [0.5, 0.6) is 11.6 Å². The van der Waals surface area contributed by atoms with Gasteiger partial charge >= 0.3 is 6.09 Å². The molecule has 60 heavy (non-hydrogen) atoms. The van der Waals surface area contributed by atoms with Gasteiger partial charge in [-0.3, -0.25) is 19.1 Å². The number of alkyl carbamates (subject to hydrolysis) is 1. The monoisotopic (exact) mass is 867 g/mol. The zero-order valence-electron chi connectivity index (χ0n) is 34.3. The third-order valence-electron chi connectivity index (χ3n) is 12.7. The van der Waals surface area contributed by atoms with Gasteiger partial charge in [-0.2, -0.15) is 8.78 Å². The number of halogens is 4. The van der Waals surface area contributed by atoms with Crippen molar-refractivity contribution in [2.24, 2.45) is 35.0 Å².